The zero-order chi connectivity index (χ0) is 17.2. The topological polar surface area (TPSA) is 65.8 Å². The van der Waals surface area contributed by atoms with E-state index in [-0.39, 0.29) is 6.03 Å². The van der Waals surface area contributed by atoms with Crippen LogP contribution in [-0.4, -0.2) is 51.5 Å². The standard InChI is InChI=1S/C17H20N6OS/c1-13-11-14(12-23-7-3-18-15(13)23)20-16(24)21-5-2-6-22(9-8-21)17-19-4-10-25-17/h3-4,7,10-12H,2,5-6,8-9H2,1H3,(H,20,24). The van der Waals surface area contributed by atoms with Crippen LogP contribution < -0.4 is 10.2 Å². The maximum Gasteiger partial charge on any atom is 0.321 e. The zero-order valence-corrected chi connectivity index (χ0v) is 14.9. The smallest absolute Gasteiger partial charge is 0.321 e. The van der Waals surface area contributed by atoms with Crippen LogP contribution in [0.5, 0.6) is 0 Å². The summed E-state index contributed by atoms with van der Waals surface area (Å²) >= 11 is 1.64. The maximum atomic E-state index is 12.7. The molecule has 3 aromatic rings. The van der Waals surface area contributed by atoms with Crippen molar-refractivity contribution < 1.29 is 4.79 Å². The van der Waals surface area contributed by atoms with Crippen LogP contribution in [-0.2, 0) is 0 Å². The highest BCUT2D eigenvalue weighted by molar-refractivity contribution is 7.13. The molecule has 0 bridgehead atoms. The molecule has 1 N–H and O–H groups in total. The highest BCUT2D eigenvalue weighted by Gasteiger charge is 2.20. The summed E-state index contributed by atoms with van der Waals surface area (Å²) in [4.78, 5) is 25.5. The van der Waals surface area contributed by atoms with E-state index in [2.05, 4.69) is 20.2 Å². The molecule has 4 heterocycles. The van der Waals surface area contributed by atoms with Crippen molar-refractivity contribution in [2.45, 2.75) is 13.3 Å². The molecule has 0 aromatic carbocycles. The van der Waals surface area contributed by atoms with E-state index in [1.165, 1.54) is 0 Å². The maximum absolute atomic E-state index is 12.7. The number of pyridine rings is 1. The Morgan fingerprint density at radius 1 is 1.20 bits per heavy atom. The summed E-state index contributed by atoms with van der Waals surface area (Å²) in [6.07, 6.45) is 8.30. The van der Waals surface area contributed by atoms with Crippen LogP contribution in [0.15, 0.2) is 36.2 Å². The van der Waals surface area contributed by atoms with Crippen molar-refractivity contribution >= 4 is 33.8 Å². The first-order valence-electron chi connectivity index (χ1n) is 8.34. The van der Waals surface area contributed by atoms with E-state index in [4.69, 9.17) is 0 Å². The third kappa shape index (κ3) is 3.30. The molecule has 3 aromatic heterocycles. The molecule has 0 unspecified atom stereocenters. The van der Waals surface area contributed by atoms with Crippen molar-refractivity contribution in [2.75, 3.05) is 36.4 Å². The van der Waals surface area contributed by atoms with E-state index in [0.717, 1.165) is 48.1 Å². The minimum atomic E-state index is -0.0557. The number of rotatable bonds is 2. The van der Waals surface area contributed by atoms with E-state index in [0.29, 0.717) is 6.54 Å². The molecule has 0 spiro atoms. The lowest BCUT2D eigenvalue weighted by molar-refractivity contribution is 0.215. The van der Waals surface area contributed by atoms with Gasteiger partial charge in [0, 0.05) is 56.3 Å². The van der Waals surface area contributed by atoms with Gasteiger partial charge in [0.05, 0.1) is 5.69 Å². The minimum absolute atomic E-state index is 0.0557. The summed E-state index contributed by atoms with van der Waals surface area (Å²) in [7, 11) is 0. The molecular formula is C17H20N6OS. The van der Waals surface area contributed by atoms with Crippen molar-refractivity contribution in [3.8, 4) is 0 Å². The molecule has 7 nitrogen and oxygen atoms in total. The number of anilines is 2. The molecule has 1 fully saturated rings. The normalized spacial score (nSPS) is 15.4. The van der Waals surface area contributed by atoms with Gasteiger partial charge in [-0.3, -0.25) is 0 Å². The van der Waals surface area contributed by atoms with Gasteiger partial charge in [0.25, 0.3) is 0 Å². The number of carbonyl (C=O) groups excluding carboxylic acids is 1. The highest BCUT2D eigenvalue weighted by atomic mass is 32.1. The number of carbonyl (C=O) groups is 1. The Bertz CT molecular complexity index is 875. The van der Waals surface area contributed by atoms with Crippen LogP contribution in [0.1, 0.15) is 12.0 Å². The van der Waals surface area contributed by atoms with Crippen LogP contribution in [0.3, 0.4) is 0 Å². The summed E-state index contributed by atoms with van der Waals surface area (Å²) in [5.41, 5.74) is 2.73. The first-order chi connectivity index (χ1) is 12.2. The third-order valence-electron chi connectivity index (χ3n) is 4.40. The highest BCUT2D eigenvalue weighted by Crippen LogP contribution is 2.20. The summed E-state index contributed by atoms with van der Waals surface area (Å²) < 4.78 is 1.93. The lowest BCUT2D eigenvalue weighted by atomic mass is 10.3. The van der Waals surface area contributed by atoms with Gasteiger partial charge in [-0.25, -0.2) is 14.8 Å². The SMILES string of the molecule is Cc1cc(NC(=O)N2CCCN(c3nccs3)CC2)cn2ccnc12. The number of aromatic nitrogens is 3. The second-order valence-electron chi connectivity index (χ2n) is 6.14. The van der Waals surface area contributed by atoms with E-state index in [1.807, 2.05) is 46.3 Å². The van der Waals surface area contributed by atoms with Crippen LogP contribution in [0.25, 0.3) is 5.65 Å². The van der Waals surface area contributed by atoms with Crippen molar-refractivity contribution in [1.29, 1.82) is 0 Å². The summed E-state index contributed by atoms with van der Waals surface area (Å²) in [6.45, 7) is 5.17. The number of hydrogen-bond donors (Lipinski definition) is 1. The fourth-order valence-electron chi connectivity index (χ4n) is 3.16. The molecule has 0 radical (unpaired) electrons. The first kappa shape index (κ1) is 15.9. The van der Waals surface area contributed by atoms with Gasteiger partial charge < -0.3 is 19.5 Å². The van der Waals surface area contributed by atoms with E-state index >= 15 is 0 Å². The first-order valence-corrected chi connectivity index (χ1v) is 9.22. The lowest BCUT2D eigenvalue weighted by Gasteiger charge is -2.22. The molecule has 1 aliphatic heterocycles. The average Bonchev–Trinajstić information content (AvgIpc) is 3.22. The van der Waals surface area contributed by atoms with Gasteiger partial charge >= 0.3 is 6.03 Å². The molecule has 0 atom stereocenters. The predicted octanol–water partition coefficient (Wildman–Crippen LogP) is 2.84. The third-order valence-corrected chi connectivity index (χ3v) is 5.23. The number of urea groups is 1. The number of thiazole rings is 1. The quantitative estimate of drug-likeness (QED) is 0.767. The van der Waals surface area contributed by atoms with Crippen LogP contribution in [0, 0.1) is 6.92 Å². The molecule has 0 aliphatic carbocycles. The number of amides is 2. The Morgan fingerprint density at radius 2 is 2.12 bits per heavy atom. The second-order valence-corrected chi connectivity index (χ2v) is 7.02. The van der Waals surface area contributed by atoms with Gasteiger partial charge in [-0.15, -0.1) is 11.3 Å². The fourth-order valence-corrected chi connectivity index (χ4v) is 3.86. The number of nitrogens with one attached hydrogen (secondary N) is 1. The number of fused-ring (bicyclic) bond motifs is 1. The monoisotopic (exact) mass is 356 g/mol. The molecule has 25 heavy (non-hydrogen) atoms. The Morgan fingerprint density at radius 3 is 2.96 bits per heavy atom. The number of imidazole rings is 1. The fraction of sp³-hybridized carbons (Fsp3) is 0.353. The molecule has 2 amide bonds. The van der Waals surface area contributed by atoms with Gasteiger partial charge in [-0.2, -0.15) is 0 Å². The Balaban J connectivity index is 1.43. The van der Waals surface area contributed by atoms with Gasteiger partial charge in [0.15, 0.2) is 5.13 Å². The van der Waals surface area contributed by atoms with Crippen molar-refractivity contribution in [1.82, 2.24) is 19.3 Å². The predicted molar refractivity (Wildman–Crippen MR) is 99.5 cm³/mol. The molecule has 8 heteroatoms. The van der Waals surface area contributed by atoms with Gasteiger partial charge in [0.2, 0.25) is 0 Å². The number of aryl methyl sites for hydroxylation is 1. The van der Waals surface area contributed by atoms with Gasteiger partial charge in [-0.05, 0) is 25.0 Å². The Hall–Kier alpha value is -2.61. The Labute approximate surface area is 149 Å². The molecule has 1 aliphatic rings. The molecule has 0 saturated carbocycles. The Kier molecular flexibility index (Phi) is 4.27. The average molecular weight is 356 g/mol. The molecule has 1 saturated heterocycles. The summed E-state index contributed by atoms with van der Waals surface area (Å²) in [5.74, 6) is 0. The van der Waals surface area contributed by atoms with Gasteiger partial charge in [-0.1, -0.05) is 0 Å². The summed E-state index contributed by atoms with van der Waals surface area (Å²) in [6, 6.07) is 1.90. The van der Waals surface area contributed by atoms with Crippen LogP contribution in [0.2, 0.25) is 0 Å². The number of hydrogen-bond acceptors (Lipinski definition) is 5. The lowest BCUT2D eigenvalue weighted by Crippen LogP contribution is -2.38. The van der Waals surface area contributed by atoms with E-state index in [1.54, 1.807) is 17.5 Å². The largest absolute Gasteiger partial charge is 0.346 e. The molecular weight excluding hydrogens is 336 g/mol. The van der Waals surface area contributed by atoms with Crippen molar-refractivity contribution in [3.05, 3.63) is 41.8 Å². The van der Waals surface area contributed by atoms with Crippen molar-refractivity contribution in [3.63, 3.8) is 0 Å². The van der Waals surface area contributed by atoms with Gasteiger partial charge in [0.1, 0.15) is 5.65 Å². The number of nitrogens with zero attached hydrogens (tertiary/aromatic N) is 5. The van der Waals surface area contributed by atoms with E-state index in [9.17, 15) is 4.79 Å². The van der Waals surface area contributed by atoms with Crippen LogP contribution >= 0.6 is 11.3 Å². The van der Waals surface area contributed by atoms with Crippen LogP contribution in [0.4, 0.5) is 15.6 Å². The zero-order valence-electron chi connectivity index (χ0n) is 14.1. The van der Waals surface area contributed by atoms with E-state index < -0.39 is 0 Å². The summed E-state index contributed by atoms with van der Waals surface area (Å²) in [5, 5.41) is 6.03. The molecule has 130 valence electrons. The second kappa shape index (κ2) is 6.72. The molecule has 4 rings (SSSR count). The van der Waals surface area contributed by atoms with Crippen molar-refractivity contribution in [2.24, 2.45) is 0 Å². The minimum Gasteiger partial charge on any atom is -0.346 e.